The number of hydrogen-bond acceptors (Lipinski definition) is 3. The second-order valence-electron chi connectivity index (χ2n) is 5.09. The highest BCUT2D eigenvalue weighted by molar-refractivity contribution is 6.04. The fourth-order valence-corrected chi connectivity index (χ4v) is 2.06. The van der Waals surface area contributed by atoms with Gasteiger partial charge in [0.25, 0.3) is 0 Å². The van der Waals surface area contributed by atoms with E-state index in [0.717, 1.165) is 17.0 Å². The van der Waals surface area contributed by atoms with E-state index in [1.165, 1.54) is 4.90 Å². The number of benzene rings is 2. The van der Waals surface area contributed by atoms with Crippen LogP contribution in [0.3, 0.4) is 0 Å². The van der Waals surface area contributed by atoms with E-state index < -0.39 is 0 Å². The van der Waals surface area contributed by atoms with Crippen LogP contribution in [0, 0.1) is 0 Å². The predicted octanol–water partition coefficient (Wildman–Crippen LogP) is 2.36. The van der Waals surface area contributed by atoms with Crippen LogP contribution < -0.4 is 15.0 Å². The van der Waals surface area contributed by atoms with Crippen molar-refractivity contribution < 1.29 is 14.3 Å². The van der Waals surface area contributed by atoms with Gasteiger partial charge in [0.1, 0.15) is 12.2 Å². The molecule has 0 aliphatic heterocycles. The molecule has 23 heavy (non-hydrogen) atoms. The molecule has 2 amide bonds. The molecule has 1 N–H and O–H groups in total. The van der Waals surface area contributed by atoms with Crippen LogP contribution in [0.25, 0.3) is 0 Å². The van der Waals surface area contributed by atoms with Crippen molar-refractivity contribution in [1.82, 2.24) is 5.32 Å². The monoisotopic (exact) mass is 312 g/mol. The Labute approximate surface area is 135 Å². The minimum atomic E-state index is -0.298. The molecule has 0 heterocycles. The molecule has 0 saturated heterocycles. The van der Waals surface area contributed by atoms with E-state index in [-0.39, 0.29) is 18.2 Å². The molecule has 5 nitrogen and oxygen atoms in total. The topological polar surface area (TPSA) is 58.6 Å². The van der Waals surface area contributed by atoms with Gasteiger partial charge in [-0.2, -0.15) is 0 Å². The Morgan fingerprint density at radius 1 is 1.04 bits per heavy atom. The molecule has 0 spiro atoms. The number of anilines is 1. The number of nitrogens with one attached hydrogen (secondary N) is 1. The Kier molecular flexibility index (Phi) is 5.74. The van der Waals surface area contributed by atoms with Crippen molar-refractivity contribution in [2.75, 3.05) is 19.1 Å². The van der Waals surface area contributed by atoms with Gasteiger partial charge in [0.05, 0.1) is 7.11 Å². The number of rotatable bonds is 6. The first kappa shape index (κ1) is 16.5. The zero-order valence-electron chi connectivity index (χ0n) is 13.3. The Bertz CT molecular complexity index is 654. The smallest absolute Gasteiger partial charge is 0.236 e. The number of amides is 2. The Morgan fingerprint density at radius 2 is 1.70 bits per heavy atom. The van der Waals surface area contributed by atoms with Crippen molar-refractivity contribution in [1.29, 1.82) is 0 Å². The van der Waals surface area contributed by atoms with Gasteiger partial charge in [-0.15, -0.1) is 0 Å². The van der Waals surface area contributed by atoms with Gasteiger partial charge in [0.15, 0.2) is 0 Å². The Hall–Kier alpha value is -2.82. The number of carbonyl (C=O) groups excluding carboxylic acids is 2. The Morgan fingerprint density at radius 3 is 2.30 bits per heavy atom. The van der Waals surface area contributed by atoms with Gasteiger partial charge in [0.2, 0.25) is 11.8 Å². The van der Waals surface area contributed by atoms with Crippen molar-refractivity contribution >= 4 is 17.5 Å². The number of hydrogen-bond donors (Lipinski definition) is 1. The molecule has 0 aliphatic rings. The largest absolute Gasteiger partial charge is 0.497 e. The van der Waals surface area contributed by atoms with Crippen molar-refractivity contribution in [3.05, 3.63) is 60.2 Å². The third-order valence-corrected chi connectivity index (χ3v) is 3.48. The SMILES string of the molecule is COc1ccc(CNC(=O)CC(=O)N(C)c2ccccc2)cc1. The van der Waals surface area contributed by atoms with Crippen molar-refractivity contribution in [3.8, 4) is 5.75 Å². The standard InChI is InChI=1S/C18H20N2O3/c1-20(15-6-4-3-5-7-15)18(22)12-17(21)19-13-14-8-10-16(23-2)11-9-14/h3-11H,12-13H2,1-2H3,(H,19,21). The molecule has 2 aromatic carbocycles. The van der Waals surface area contributed by atoms with E-state index in [0.29, 0.717) is 6.54 Å². The summed E-state index contributed by atoms with van der Waals surface area (Å²) in [5.41, 5.74) is 1.71. The lowest BCUT2D eigenvalue weighted by Gasteiger charge is -2.17. The first-order valence-corrected chi connectivity index (χ1v) is 7.31. The van der Waals surface area contributed by atoms with Crippen molar-refractivity contribution in [2.24, 2.45) is 0 Å². The average Bonchev–Trinajstić information content (AvgIpc) is 2.60. The van der Waals surface area contributed by atoms with Crippen molar-refractivity contribution in [2.45, 2.75) is 13.0 Å². The number of nitrogens with zero attached hydrogens (tertiary/aromatic N) is 1. The summed E-state index contributed by atoms with van der Waals surface area (Å²) in [6.45, 7) is 0.380. The summed E-state index contributed by atoms with van der Waals surface area (Å²) in [4.78, 5) is 25.5. The number of methoxy groups -OCH3 is 1. The van der Waals surface area contributed by atoms with E-state index in [4.69, 9.17) is 4.74 Å². The maximum Gasteiger partial charge on any atom is 0.236 e. The summed E-state index contributed by atoms with van der Waals surface area (Å²) in [5.74, 6) is 0.219. The fourth-order valence-electron chi connectivity index (χ4n) is 2.06. The summed E-state index contributed by atoms with van der Waals surface area (Å²) in [5, 5.41) is 2.75. The van der Waals surface area contributed by atoms with Crippen LogP contribution in [0.1, 0.15) is 12.0 Å². The van der Waals surface area contributed by atoms with Crippen LogP contribution in [0.4, 0.5) is 5.69 Å². The highest BCUT2D eigenvalue weighted by Gasteiger charge is 2.14. The summed E-state index contributed by atoms with van der Waals surface area (Å²) in [7, 11) is 3.26. The third kappa shape index (κ3) is 4.85. The molecular weight excluding hydrogens is 292 g/mol. The molecule has 120 valence electrons. The van der Waals surface area contributed by atoms with Gasteiger partial charge in [-0.25, -0.2) is 0 Å². The van der Waals surface area contributed by atoms with Crippen LogP contribution in [0.15, 0.2) is 54.6 Å². The molecule has 0 atom stereocenters. The first-order valence-electron chi connectivity index (χ1n) is 7.31. The minimum absolute atomic E-state index is 0.179. The van der Waals surface area contributed by atoms with E-state index in [1.54, 1.807) is 14.2 Å². The van der Waals surface area contributed by atoms with Crippen LogP contribution in [0.5, 0.6) is 5.75 Å². The molecule has 0 fully saturated rings. The molecule has 2 rings (SSSR count). The summed E-state index contributed by atoms with van der Waals surface area (Å²) >= 11 is 0. The van der Waals surface area contributed by atoms with E-state index >= 15 is 0 Å². The third-order valence-electron chi connectivity index (χ3n) is 3.48. The molecule has 2 aromatic rings. The van der Waals surface area contributed by atoms with Crippen molar-refractivity contribution in [3.63, 3.8) is 0 Å². The minimum Gasteiger partial charge on any atom is -0.497 e. The summed E-state index contributed by atoms with van der Waals surface area (Å²) in [6, 6.07) is 16.6. The molecule has 0 unspecified atom stereocenters. The lowest BCUT2D eigenvalue weighted by molar-refractivity contribution is -0.127. The second-order valence-corrected chi connectivity index (χ2v) is 5.09. The van der Waals surface area contributed by atoms with Crippen LogP contribution in [-0.2, 0) is 16.1 Å². The zero-order valence-corrected chi connectivity index (χ0v) is 13.3. The fraction of sp³-hybridized carbons (Fsp3) is 0.222. The molecule has 0 radical (unpaired) electrons. The lowest BCUT2D eigenvalue weighted by atomic mass is 10.2. The van der Waals surface area contributed by atoms with E-state index in [9.17, 15) is 9.59 Å². The quantitative estimate of drug-likeness (QED) is 0.833. The zero-order chi connectivity index (χ0) is 16.7. The van der Waals surface area contributed by atoms with Gasteiger partial charge >= 0.3 is 0 Å². The van der Waals surface area contributed by atoms with Crippen LogP contribution in [-0.4, -0.2) is 26.0 Å². The van der Waals surface area contributed by atoms with Gasteiger partial charge in [0, 0.05) is 19.3 Å². The van der Waals surface area contributed by atoms with Crippen LogP contribution in [0.2, 0.25) is 0 Å². The van der Waals surface area contributed by atoms with E-state index in [2.05, 4.69) is 5.32 Å². The number of carbonyl (C=O) groups is 2. The molecule has 0 bridgehead atoms. The molecule has 5 heteroatoms. The average molecular weight is 312 g/mol. The second kappa shape index (κ2) is 7.98. The molecule has 0 aliphatic carbocycles. The number of para-hydroxylation sites is 1. The summed E-state index contributed by atoms with van der Waals surface area (Å²) in [6.07, 6.45) is -0.179. The lowest BCUT2D eigenvalue weighted by Crippen LogP contribution is -2.33. The van der Waals surface area contributed by atoms with E-state index in [1.807, 2.05) is 54.6 Å². The summed E-state index contributed by atoms with van der Waals surface area (Å²) < 4.78 is 5.08. The highest BCUT2D eigenvalue weighted by Crippen LogP contribution is 2.13. The normalized spacial score (nSPS) is 10.0. The number of ether oxygens (including phenoxy) is 1. The molecule has 0 aromatic heterocycles. The molecule has 0 saturated carbocycles. The van der Waals surface area contributed by atoms with Gasteiger partial charge in [-0.1, -0.05) is 30.3 Å². The van der Waals surface area contributed by atoms with Crippen LogP contribution >= 0.6 is 0 Å². The molecular formula is C18H20N2O3. The maximum absolute atomic E-state index is 12.1. The Balaban J connectivity index is 1.83. The predicted molar refractivity (Wildman–Crippen MR) is 89.3 cm³/mol. The van der Waals surface area contributed by atoms with Gasteiger partial charge in [-0.05, 0) is 29.8 Å². The highest BCUT2D eigenvalue weighted by atomic mass is 16.5. The van der Waals surface area contributed by atoms with Gasteiger partial charge in [-0.3, -0.25) is 9.59 Å². The maximum atomic E-state index is 12.1. The van der Waals surface area contributed by atoms with Gasteiger partial charge < -0.3 is 15.0 Å². The first-order chi connectivity index (χ1) is 11.1.